The predicted octanol–water partition coefficient (Wildman–Crippen LogP) is 10.2. The van der Waals surface area contributed by atoms with Gasteiger partial charge >= 0.3 is 0 Å². The molecule has 0 unspecified atom stereocenters. The predicted molar refractivity (Wildman–Crippen MR) is 202 cm³/mol. The first-order valence-corrected chi connectivity index (χ1v) is 17.0. The molecule has 0 aliphatic carbocycles. The largest absolute Gasteiger partial charge is 0.456 e. The Kier molecular flexibility index (Phi) is 5.85. The summed E-state index contributed by atoms with van der Waals surface area (Å²) in [7, 11) is 0.852. The summed E-state index contributed by atoms with van der Waals surface area (Å²) in [4.78, 5) is 2.49. The molecule has 0 saturated heterocycles. The van der Waals surface area contributed by atoms with Gasteiger partial charge in [0.2, 0.25) is 0 Å². The van der Waals surface area contributed by atoms with Crippen molar-refractivity contribution in [3.05, 3.63) is 151 Å². The Hall–Kier alpha value is -5.45. The van der Waals surface area contributed by atoms with Crippen molar-refractivity contribution in [1.29, 1.82) is 0 Å². The van der Waals surface area contributed by atoms with Crippen molar-refractivity contribution in [2.45, 2.75) is 16.2 Å². The van der Waals surface area contributed by atoms with E-state index in [-0.39, 0.29) is 0 Å². The van der Waals surface area contributed by atoms with Crippen molar-refractivity contribution >= 4 is 80.1 Å². The first kappa shape index (κ1) is 26.7. The van der Waals surface area contributed by atoms with Gasteiger partial charge in [-0.25, -0.2) is 0 Å². The number of anilines is 2. The van der Waals surface area contributed by atoms with Gasteiger partial charge in [-0.15, -0.1) is 0 Å². The van der Waals surface area contributed by atoms with Gasteiger partial charge in [0.05, 0.1) is 11.4 Å². The number of nitrogens with one attached hydrogen (secondary N) is 1. The van der Waals surface area contributed by atoms with Crippen LogP contribution < -0.4 is 16.2 Å². The average Bonchev–Trinajstić information content (AvgIpc) is 3.50. The van der Waals surface area contributed by atoms with E-state index in [0.29, 0.717) is 0 Å². The maximum Gasteiger partial charge on any atom is 0.193 e. The van der Waals surface area contributed by atoms with Crippen LogP contribution in [0.3, 0.4) is 0 Å². The minimum Gasteiger partial charge on any atom is -0.456 e. The van der Waals surface area contributed by atoms with Crippen LogP contribution in [0.1, 0.15) is 16.7 Å². The first-order chi connectivity index (χ1) is 23.2. The van der Waals surface area contributed by atoms with Crippen LogP contribution in [0.2, 0.25) is 0 Å². The number of hydrogen-bond donors (Lipinski definition) is 1. The third-order valence-corrected chi connectivity index (χ3v) is 11.2. The van der Waals surface area contributed by atoms with E-state index < -0.39 is 0 Å². The number of rotatable bonds is 3. The van der Waals surface area contributed by atoms with Gasteiger partial charge in [-0.3, -0.25) is 0 Å². The van der Waals surface area contributed by atoms with Crippen LogP contribution in [0.15, 0.2) is 148 Å². The molecule has 4 heteroatoms. The fraction of sp³-hybridized carbons (Fsp3) is 0.0233. The van der Waals surface area contributed by atoms with Crippen molar-refractivity contribution in [2.24, 2.45) is 0 Å². The van der Waals surface area contributed by atoms with Crippen molar-refractivity contribution in [2.75, 3.05) is 5.32 Å². The molecule has 8 aromatic rings. The quantitative estimate of drug-likeness (QED) is 0.200. The number of benzene rings is 7. The Morgan fingerprint density at radius 3 is 2.40 bits per heavy atom. The highest BCUT2D eigenvalue weighted by molar-refractivity contribution is 7.99. The van der Waals surface area contributed by atoms with Crippen LogP contribution in [0.25, 0.3) is 61.0 Å². The van der Waals surface area contributed by atoms with E-state index >= 15 is 0 Å². The number of para-hydroxylation sites is 3. The fourth-order valence-electron chi connectivity index (χ4n) is 7.90. The van der Waals surface area contributed by atoms with E-state index in [9.17, 15) is 0 Å². The zero-order valence-electron chi connectivity index (χ0n) is 25.6. The molecule has 0 amide bonds. The summed E-state index contributed by atoms with van der Waals surface area (Å²) in [5.41, 5.74) is 15.9. The second kappa shape index (κ2) is 10.3. The molecule has 1 aromatic heterocycles. The lowest BCUT2D eigenvalue weighted by atomic mass is 9.54. The minimum atomic E-state index is 0.828. The molecule has 3 heterocycles. The van der Waals surface area contributed by atoms with E-state index in [1.807, 2.05) is 17.8 Å². The SMILES string of the molecule is C=Cc1ccc2ccccc2c1-c1cccc2c1Cc1c(c(-c3cccc4c3Nc3ccccc3S4)cc3oc4ccccc4c13)B2. The molecular weight excluding hydrogens is 589 g/mol. The number of fused-ring (bicyclic) bond motifs is 9. The highest BCUT2D eigenvalue weighted by Crippen LogP contribution is 2.48. The van der Waals surface area contributed by atoms with Crippen molar-refractivity contribution in [3.63, 3.8) is 0 Å². The highest BCUT2D eigenvalue weighted by atomic mass is 32.2. The fourth-order valence-corrected chi connectivity index (χ4v) is 8.92. The van der Waals surface area contributed by atoms with Gasteiger partial charge in [-0.1, -0.05) is 132 Å². The molecular formula is C43H28BNOS. The second-order valence-electron chi connectivity index (χ2n) is 12.5. The van der Waals surface area contributed by atoms with Gasteiger partial charge in [-0.2, -0.15) is 0 Å². The summed E-state index contributed by atoms with van der Waals surface area (Å²) in [5.74, 6) is 0. The third-order valence-electron chi connectivity index (χ3n) is 10.0. The Labute approximate surface area is 278 Å². The number of furan rings is 1. The maximum atomic E-state index is 6.64. The first-order valence-electron chi connectivity index (χ1n) is 16.1. The lowest BCUT2D eigenvalue weighted by molar-refractivity contribution is 0.669. The molecule has 2 aliphatic heterocycles. The second-order valence-corrected chi connectivity index (χ2v) is 13.6. The summed E-state index contributed by atoms with van der Waals surface area (Å²) in [6, 6.07) is 46.0. The van der Waals surface area contributed by atoms with Crippen molar-refractivity contribution in [1.82, 2.24) is 0 Å². The Balaban J connectivity index is 1.23. The minimum absolute atomic E-state index is 0.828. The van der Waals surface area contributed by atoms with Gasteiger partial charge in [0, 0.05) is 26.1 Å². The van der Waals surface area contributed by atoms with Gasteiger partial charge in [0.25, 0.3) is 0 Å². The average molecular weight is 618 g/mol. The molecule has 0 bridgehead atoms. The Morgan fingerprint density at radius 2 is 1.47 bits per heavy atom. The van der Waals surface area contributed by atoms with Crippen LogP contribution in [-0.2, 0) is 6.42 Å². The van der Waals surface area contributed by atoms with Crippen LogP contribution in [0.4, 0.5) is 11.4 Å². The molecule has 1 N–H and O–H groups in total. The molecule has 47 heavy (non-hydrogen) atoms. The van der Waals surface area contributed by atoms with E-state index in [1.165, 1.54) is 81.3 Å². The highest BCUT2D eigenvalue weighted by Gasteiger charge is 2.29. The summed E-state index contributed by atoms with van der Waals surface area (Å²) in [6.45, 7) is 4.21. The van der Waals surface area contributed by atoms with E-state index in [4.69, 9.17) is 4.42 Å². The molecule has 0 radical (unpaired) electrons. The molecule has 0 spiro atoms. The van der Waals surface area contributed by atoms with Gasteiger partial charge in [0.15, 0.2) is 7.28 Å². The monoisotopic (exact) mass is 617 g/mol. The Morgan fingerprint density at radius 1 is 0.681 bits per heavy atom. The Bertz CT molecular complexity index is 2620. The molecule has 0 saturated carbocycles. The van der Waals surface area contributed by atoms with Gasteiger partial charge in [-0.05, 0) is 80.9 Å². The van der Waals surface area contributed by atoms with Crippen molar-refractivity contribution < 1.29 is 4.42 Å². The van der Waals surface area contributed by atoms with E-state index in [0.717, 1.165) is 36.1 Å². The molecule has 2 aliphatic rings. The smallest absolute Gasteiger partial charge is 0.193 e. The lowest BCUT2D eigenvalue weighted by Gasteiger charge is -2.28. The van der Waals surface area contributed by atoms with Gasteiger partial charge < -0.3 is 9.73 Å². The summed E-state index contributed by atoms with van der Waals surface area (Å²) in [6.07, 6.45) is 2.83. The maximum absolute atomic E-state index is 6.64. The van der Waals surface area contributed by atoms with Crippen molar-refractivity contribution in [3.8, 4) is 22.3 Å². The zero-order valence-corrected chi connectivity index (χ0v) is 26.5. The molecule has 7 aromatic carbocycles. The molecule has 0 atom stereocenters. The number of hydrogen-bond acceptors (Lipinski definition) is 3. The third kappa shape index (κ3) is 4.01. The molecule has 0 fully saturated rings. The van der Waals surface area contributed by atoms with Gasteiger partial charge in [0.1, 0.15) is 11.2 Å². The normalized spacial score (nSPS) is 12.9. The van der Waals surface area contributed by atoms with Crippen LogP contribution >= 0.6 is 11.8 Å². The zero-order chi connectivity index (χ0) is 31.1. The topological polar surface area (TPSA) is 25.2 Å². The van der Waals surface area contributed by atoms with E-state index in [2.05, 4.69) is 139 Å². The lowest BCUT2D eigenvalue weighted by Crippen LogP contribution is -2.39. The van der Waals surface area contributed by atoms with Crippen LogP contribution in [0, 0.1) is 0 Å². The molecule has 220 valence electrons. The standard InChI is InChI=1S/C43H28BNOS/c1-2-25-21-22-26-11-3-4-12-27(26)40(25)28-14-9-16-34-31(28)23-33-41-30-13-5-7-18-36(30)46-37(41)24-32(42(33)44-34)29-15-10-20-39-43(29)45-35-17-6-8-19-38(35)47-39/h2-22,24,44-45H,1,23H2. The molecule has 2 nitrogen and oxygen atoms in total. The summed E-state index contributed by atoms with van der Waals surface area (Å²) >= 11 is 1.83. The van der Waals surface area contributed by atoms with E-state index in [1.54, 1.807) is 0 Å². The summed E-state index contributed by atoms with van der Waals surface area (Å²) in [5, 5.41) is 8.73. The van der Waals surface area contributed by atoms with Crippen LogP contribution in [0.5, 0.6) is 0 Å². The molecule has 10 rings (SSSR count). The van der Waals surface area contributed by atoms with Crippen LogP contribution in [-0.4, -0.2) is 7.28 Å². The summed E-state index contributed by atoms with van der Waals surface area (Å²) < 4.78 is 6.64.